The fourth-order valence-electron chi connectivity index (χ4n) is 2.59. The quantitative estimate of drug-likeness (QED) is 0.470. The maximum Gasteiger partial charge on any atom is 0.297 e. The molecule has 3 rings (SSSR count). The number of thioether (sulfide) groups is 1. The van der Waals surface area contributed by atoms with Crippen LogP contribution in [0.3, 0.4) is 0 Å². The van der Waals surface area contributed by atoms with Gasteiger partial charge in [-0.2, -0.15) is 4.52 Å². The van der Waals surface area contributed by atoms with Crippen molar-refractivity contribution in [2.75, 3.05) is 5.75 Å². The third-order valence-electron chi connectivity index (χ3n) is 4.28. The number of hydrogen-bond acceptors (Lipinski definition) is 7. The number of carbonyl (C=O) groups excluding carboxylic acids is 1. The Morgan fingerprint density at radius 2 is 1.68 bits per heavy atom. The molecule has 0 aliphatic heterocycles. The van der Waals surface area contributed by atoms with Crippen LogP contribution in [0, 0.1) is 0 Å². The normalized spacial score (nSPS) is 12.5. The van der Waals surface area contributed by atoms with Crippen LogP contribution in [0.15, 0.2) is 33.4 Å². The third-order valence-corrected chi connectivity index (χ3v) is 6.31. The Bertz CT molecular complexity index is 1070. The molecule has 0 saturated heterocycles. The van der Waals surface area contributed by atoms with E-state index in [-0.39, 0.29) is 22.5 Å². The lowest BCUT2D eigenvalue weighted by molar-refractivity contribution is 0.102. The highest BCUT2D eigenvalue weighted by molar-refractivity contribution is 8.01. The second-order valence-electron chi connectivity index (χ2n) is 8.71. The summed E-state index contributed by atoms with van der Waals surface area (Å²) in [6, 6.07) is 7.73. The predicted octanol–water partition coefficient (Wildman–Crippen LogP) is 4.12. The molecule has 0 unspecified atom stereocenters. The molecule has 148 valence electrons. The number of ketones is 1. The fourth-order valence-corrected chi connectivity index (χ4v) is 4.36. The maximum atomic E-state index is 12.6. The summed E-state index contributed by atoms with van der Waals surface area (Å²) in [5.41, 5.74) is 1.63. The number of carbonyl (C=O) groups is 1. The Balaban J connectivity index is 1.76. The summed E-state index contributed by atoms with van der Waals surface area (Å²) < 4.78 is 1.90. The minimum Gasteiger partial charge on any atom is -0.293 e. The highest BCUT2D eigenvalue weighted by Crippen LogP contribution is 2.26. The van der Waals surface area contributed by atoms with Crippen molar-refractivity contribution in [3.8, 4) is 0 Å². The zero-order valence-corrected chi connectivity index (χ0v) is 18.6. The van der Waals surface area contributed by atoms with Gasteiger partial charge in [-0.25, -0.2) is 0 Å². The van der Waals surface area contributed by atoms with E-state index in [0.717, 1.165) is 0 Å². The van der Waals surface area contributed by atoms with Crippen LogP contribution in [0.25, 0.3) is 4.96 Å². The van der Waals surface area contributed by atoms with Gasteiger partial charge in [0.05, 0.1) is 5.75 Å². The van der Waals surface area contributed by atoms with Crippen LogP contribution in [-0.4, -0.2) is 31.3 Å². The molecule has 0 fully saturated rings. The molecule has 1 aromatic carbocycles. The number of benzene rings is 1. The van der Waals surface area contributed by atoms with Gasteiger partial charge in [-0.15, -0.1) is 15.3 Å². The Kier molecular flexibility index (Phi) is 5.46. The topological polar surface area (TPSA) is 77.2 Å². The van der Waals surface area contributed by atoms with Gasteiger partial charge in [0.25, 0.3) is 5.56 Å². The summed E-state index contributed by atoms with van der Waals surface area (Å²) in [5.74, 6) is 0.279. The van der Waals surface area contributed by atoms with Gasteiger partial charge >= 0.3 is 0 Å². The maximum absolute atomic E-state index is 12.6. The summed E-state index contributed by atoms with van der Waals surface area (Å²) in [4.78, 5) is 25.5. The van der Waals surface area contributed by atoms with Crippen molar-refractivity contribution in [2.45, 2.75) is 56.7 Å². The van der Waals surface area contributed by atoms with E-state index in [0.29, 0.717) is 20.6 Å². The van der Waals surface area contributed by atoms with Gasteiger partial charge in [0.1, 0.15) is 5.69 Å². The van der Waals surface area contributed by atoms with Crippen LogP contribution < -0.4 is 5.56 Å². The van der Waals surface area contributed by atoms with E-state index in [1.807, 2.05) is 45.0 Å². The zero-order valence-electron chi connectivity index (χ0n) is 16.9. The third kappa shape index (κ3) is 4.33. The smallest absolute Gasteiger partial charge is 0.293 e. The molecular formula is C20H24N4O2S2. The Morgan fingerprint density at radius 1 is 1.04 bits per heavy atom. The molecule has 0 saturated carbocycles. The number of rotatable bonds is 4. The Labute approximate surface area is 172 Å². The van der Waals surface area contributed by atoms with Gasteiger partial charge in [-0.05, 0) is 11.0 Å². The van der Waals surface area contributed by atoms with E-state index < -0.39 is 5.41 Å². The Morgan fingerprint density at radius 3 is 2.25 bits per heavy atom. The standard InChI is InChI=1S/C20H24N4O2S2/c1-19(2,3)13-9-7-12(8-10-13)14(25)11-27-18-23-24-16(26)15(20(4,5)6)21-22-17(24)28-18/h7-10H,11H2,1-6H3. The first-order valence-electron chi connectivity index (χ1n) is 9.00. The molecular weight excluding hydrogens is 392 g/mol. The number of nitrogens with zero attached hydrogens (tertiary/aromatic N) is 4. The highest BCUT2D eigenvalue weighted by Gasteiger charge is 2.23. The zero-order chi connectivity index (χ0) is 20.7. The van der Waals surface area contributed by atoms with Crippen molar-refractivity contribution in [2.24, 2.45) is 0 Å². The summed E-state index contributed by atoms with van der Waals surface area (Å²) >= 11 is 2.57. The minimum atomic E-state index is -0.405. The van der Waals surface area contributed by atoms with E-state index >= 15 is 0 Å². The first-order valence-corrected chi connectivity index (χ1v) is 10.8. The summed E-state index contributed by atoms with van der Waals surface area (Å²) in [7, 11) is 0. The van der Waals surface area contributed by atoms with Crippen molar-refractivity contribution in [3.05, 3.63) is 51.4 Å². The highest BCUT2D eigenvalue weighted by atomic mass is 32.2. The molecule has 0 amide bonds. The minimum absolute atomic E-state index is 0.0264. The van der Waals surface area contributed by atoms with Gasteiger partial charge in [0, 0.05) is 11.0 Å². The van der Waals surface area contributed by atoms with E-state index in [2.05, 4.69) is 36.1 Å². The second kappa shape index (κ2) is 7.40. The number of Topliss-reactive ketones (excluding diaryl/α,β-unsaturated/α-hetero) is 1. The average Bonchev–Trinajstić information content (AvgIpc) is 3.02. The number of hydrogen-bond donors (Lipinski definition) is 0. The van der Waals surface area contributed by atoms with Crippen molar-refractivity contribution < 1.29 is 4.79 Å². The van der Waals surface area contributed by atoms with E-state index in [4.69, 9.17) is 0 Å². The van der Waals surface area contributed by atoms with Crippen LogP contribution in [-0.2, 0) is 10.8 Å². The molecule has 0 aliphatic rings. The monoisotopic (exact) mass is 416 g/mol. The van der Waals surface area contributed by atoms with Crippen LogP contribution in [0.1, 0.15) is 63.2 Å². The van der Waals surface area contributed by atoms with Crippen LogP contribution in [0.2, 0.25) is 0 Å². The molecule has 6 nitrogen and oxygen atoms in total. The van der Waals surface area contributed by atoms with Crippen molar-refractivity contribution in [3.63, 3.8) is 0 Å². The molecule has 8 heteroatoms. The Hall–Kier alpha value is -2.06. The number of aromatic nitrogens is 4. The molecule has 0 spiro atoms. The molecule has 2 aromatic heterocycles. The van der Waals surface area contributed by atoms with Crippen molar-refractivity contribution >= 4 is 33.8 Å². The molecule has 28 heavy (non-hydrogen) atoms. The molecule has 0 atom stereocenters. The van der Waals surface area contributed by atoms with E-state index in [1.54, 1.807) is 0 Å². The summed E-state index contributed by atoms with van der Waals surface area (Å²) in [6.07, 6.45) is 0. The van der Waals surface area contributed by atoms with Gasteiger partial charge in [-0.1, -0.05) is 88.9 Å². The lowest BCUT2D eigenvalue weighted by Crippen LogP contribution is -2.30. The molecule has 0 N–H and O–H groups in total. The van der Waals surface area contributed by atoms with Gasteiger partial charge in [0.2, 0.25) is 4.96 Å². The molecule has 0 bridgehead atoms. The van der Waals surface area contributed by atoms with Crippen molar-refractivity contribution in [1.29, 1.82) is 0 Å². The summed E-state index contributed by atoms with van der Waals surface area (Å²) in [5, 5.41) is 12.5. The first-order chi connectivity index (χ1) is 13.0. The second-order valence-corrected chi connectivity index (χ2v) is 10.9. The fraction of sp³-hybridized carbons (Fsp3) is 0.450. The molecule has 2 heterocycles. The van der Waals surface area contributed by atoms with Crippen LogP contribution >= 0.6 is 23.1 Å². The molecule has 0 aliphatic carbocycles. The first kappa shape index (κ1) is 20.7. The van der Waals surface area contributed by atoms with Crippen LogP contribution in [0.5, 0.6) is 0 Å². The van der Waals surface area contributed by atoms with E-state index in [9.17, 15) is 9.59 Å². The van der Waals surface area contributed by atoms with Gasteiger partial charge in [0.15, 0.2) is 10.1 Å². The lowest BCUT2D eigenvalue weighted by Gasteiger charge is -2.18. The SMILES string of the molecule is CC(C)(C)c1ccc(C(=O)CSc2nn3c(=O)c(C(C)(C)C)nnc3s2)cc1. The average molecular weight is 417 g/mol. The van der Waals surface area contributed by atoms with Gasteiger partial charge < -0.3 is 0 Å². The van der Waals surface area contributed by atoms with Crippen LogP contribution in [0.4, 0.5) is 0 Å². The molecule has 0 radical (unpaired) electrons. The largest absolute Gasteiger partial charge is 0.297 e. The molecule has 3 aromatic rings. The number of fused-ring (bicyclic) bond motifs is 1. The predicted molar refractivity (Wildman–Crippen MR) is 114 cm³/mol. The van der Waals surface area contributed by atoms with Gasteiger partial charge in [-0.3, -0.25) is 9.59 Å². The summed E-state index contributed by atoms with van der Waals surface area (Å²) in [6.45, 7) is 12.2. The van der Waals surface area contributed by atoms with Crippen molar-refractivity contribution in [1.82, 2.24) is 19.8 Å². The van der Waals surface area contributed by atoms with E-state index in [1.165, 1.54) is 33.2 Å². The lowest BCUT2D eigenvalue weighted by atomic mass is 9.86.